The summed E-state index contributed by atoms with van der Waals surface area (Å²) >= 11 is 2.00. The fourth-order valence-electron chi connectivity index (χ4n) is 2.09. The number of hydrogen-bond acceptors (Lipinski definition) is 3. The first-order valence-electron chi connectivity index (χ1n) is 5.81. The number of carbonyl (C=O) groups is 1. The Kier molecular flexibility index (Phi) is 3.62. The number of thioether (sulfide) groups is 1. The SMILES string of the molecule is CC1SCCN(c2ccc(C(=O)O)cc2)C1C. The lowest BCUT2D eigenvalue weighted by Crippen LogP contribution is -2.44. The van der Waals surface area contributed by atoms with Gasteiger partial charge in [-0.25, -0.2) is 4.79 Å². The molecule has 1 aliphatic rings. The average molecular weight is 251 g/mol. The maximum atomic E-state index is 10.8. The van der Waals surface area contributed by atoms with Crippen LogP contribution in [0.4, 0.5) is 5.69 Å². The van der Waals surface area contributed by atoms with Crippen LogP contribution in [0.25, 0.3) is 0 Å². The molecule has 3 nitrogen and oxygen atoms in total. The molecule has 1 saturated heterocycles. The fourth-order valence-corrected chi connectivity index (χ4v) is 3.19. The summed E-state index contributed by atoms with van der Waals surface area (Å²) < 4.78 is 0. The quantitative estimate of drug-likeness (QED) is 0.877. The van der Waals surface area contributed by atoms with Crippen molar-refractivity contribution in [3.63, 3.8) is 0 Å². The Hall–Kier alpha value is -1.16. The second-order valence-corrected chi connectivity index (χ2v) is 5.85. The molecule has 1 aromatic carbocycles. The van der Waals surface area contributed by atoms with Gasteiger partial charge in [0.05, 0.1) is 5.56 Å². The Morgan fingerprint density at radius 3 is 2.59 bits per heavy atom. The van der Waals surface area contributed by atoms with E-state index in [1.807, 2.05) is 23.9 Å². The van der Waals surface area contributed by atoms with E-state index in [2.05, 4.69) is 18.7 Å². The fraction of sp³-hybridized carbons (Fsp3) is 0.462. The summed E-state index contributed by atoms with van der Waals surface area (Å²) in [6, 6.07) is 7.66. The smallest absolute Gasteiger partial charge is 0.335 e. The summed E-state index contributed by atoms with van der Waals surface area (Å²) in [5.74, 6) is 0.263. The molecule has 0 aromatic heterocycles. The van der Waals surface area contributed by atoms with Crippen LogP contribution in [0, 0.1) is 0 Å². The van der Waals surface area contributed by atoms with Crippen LogP contribution in [-0.4, -0.2) is 34.7 Å². The molecule has 1 heterocycles. The van der Waals surface area contributed by atoms with E-state index in [4.69, 9.17) is 5.11 Å². The number of nitrogens with zero attached hydrogens (tertiary/aromatic N) is 1. The lowest BCUT2D eigenvalue weighted by atomic mass is 10.1. The van der Waals surface area contributed by atoms with Crippen molar-refractivity contribution in [1.29, 1.82) is 0 Å². The molecule has 1 aliphatic heterocycles. The van der Waals surface area contributed by atoms with Gasteiger partial charge in [0.1, 0.15) is 0 Å². The molecule has 0 aliphatic carbocycles. The van der Waals surface area contributed by atoms with E-state index in [0.29, 0.717) is 16.9 Å². The van der Waals surface area contributed by atoms with E-state index >= 15 is 0 Å². The predicted octanol–water partition coefficient (Wildman–Crippen LogP) is 2.72. The molecule has 92 valence electrons. The Morgan fingerprint density at radius 1 is 1.35 bits per heavy atom. The van der Waals surface area contributed by atoms with Gasteiger partial charge in [-0.2, -0.15) is 11.8 Å². The molecule has 0 amide bonds. The highest BCUT2D eigenvalue weighted by Gasteiger charge is 2.25. The second-order valence-electron chi connectivity index (χ2n) is 4.36. The van der Waals surface area contributed by atoms with E-state index in [1.54, 1.807) is 12.1 Å². The van der Waals surface area contributed by atoms with Crippen LogP contribution in [0.3, 0.4) is 0 Å². The van der Waals surface area contributed by atoms with E-state index in [9.17, 15) is 4.79 Å². The summed E-state index contributed by atoms with van der Waals surface area (Å²) in [6.45, 7) is 5.50. The summed E-state index contributed by atoms with van der Waals surface area (Å²) in [6.07, 6.45) is 0. The minimum absolute atomic E-state index is 0.348. The zero-order valence-corrected chi connectivity index (χ0v) is 10.9. The lowest BCUT2D eigenvalue weighted by molar-refractivity contribution is 0.0697. The number of hydrogen-bond donors (Lipinski definition) is 1. The first-order valence-corrected chi connectivity index (χ1v) is 6.86. The van der Waals surface area contributed by atoms with Crippen molar-refractivity contribution in [2.24, 2.45) is 0 Å². The molecule has 17 heavy (non-hydrogen) atoms. The third-order valence-corrected chi connectivity index (χ3v) is 4.67. The van der Waals surface area contributed by atoms with Gasteiger partial charge in [0, 0.05) is 29.3 Å². The molecular weight excluding hydrogens is 234 g/mol. The van der Waals surface area contributed by atoms with Gasteiger partial charge in [-0.15, -0.1) is 0 Å². The van der Waals surface area contributed by atoms with E-state index in [1.165, 1.54) is 0 Å². The molecule has 1 N–H and O–H groups in total. The predicted molar refractivity (Wildman–Crippen MR) is 72.1 cm³/mol. The van der Waals surface area contributed by atoms with Crippen molar-refractivity contribution < 1.29 is 9.90 Å². The first-order chi connectivity index (χ1) is 8.09. The van der Waals surface area contributed by atoms with Crippen molar-refractivity contribution in [3.8, 4) is 0 Å². The van der Waals surface area contributed by atoms with Crippen LogP contribution < -0.4 is 4.90 Å². The Labute approximate surface area is 106 Å². The molecule has 2 rings (SSSR count). The van der Waals surface area contributed by atoms with Crippen molar-refractivity contribution >= 4 is 23.4 Å². The maximum Gasteiger partial charge on any atom is 0.335 e. The van der Waals surface area contributed by atoms with Gasteiger partial charge in [0.25, 0.3) is 0 Å². The van der Waals surface area contributed by atoms with Gasteiger partial charge < -0.3 is 10.0 Å². The largest absolute Gasteiger partial charge is 0.478 e. The van der Waals surface area contributed by atoms with Crippen molar-refractivity contribution in [1.82, 2.24) is 0 Å². The molecule has 4 heteroatoms. The summed E-state index contributed by atoms with van der Waals surface area (Å²) in [7, 11) is 0. The topological polar surface area (TPSA) is 40.5 Å². The number of aromatic carboxylic acids is 1. The molecule has 0 saturated carbocycles. The van der Waals surface area contributed by atoms with Crippen molar-refractivity contribution in [3.05, 3.63) is 29.8 Å². The number of anilines is 1. The molecule has 2 atom stereocenters. The van der Waals surface area contributed by atoms with Gasteiger partial charge in [0.2, 0.25) is 0 Å². The summed E-state index contributed by atoms with van der Waals surface area (Å²) in [5.41, 5.74) is 1.47. The molecular formula is C13H17NO2S. The lowest BCUT2D eigenvalue weighted by Gasteiger charge is -2.39. The Balaban J connectivity index is 2.19. The van der Waals surface area contributed by atoms with Gasteiger partial charge in [-0.3, -0.25) is 0 Å². The number of benzene rings is 1. The second kappa shape index (κ2) is 5.00. The van der Waals surface area contributed by atoms with Crippen LogP contribution >= 0.6 is 11.8 Å². The minimum Gasteiger partial charge on any atom is -0.478 e. The third kappa shape index (κ3) is 2.57. The van der Waals surface area contributed by atoms with Crippen LogP contribution in [0.5, 0.6) is 0 Å². The maximum absolute atomic E-state index is 10.8. The highest BCUT2D eigenvalue weighted by atomic mass is 32.2. The zero-order chi connectivity index (χ0) is 12.4. The third-order valence-electron chi connectivity index (χ3n) is 3.33. The molecule has 0 radical (unpaired) electrons. The Bertz CT molecular complexity index is 404. The van der Waals surface area contributed by atoms with Crippen molar-refractivity contribution in [2.75, 3.05) is 17.2 Å². The van der Waals surface area contributed by atoms with E-state index in [-0.39, 0.29) is 0 Å². The number of carboxylic acid groups (broad SMARTS) is 1. The van der Waals surface area contributed by atoms with Gasteiger partial charge in [0.15, 0.2) is 0 Å². The highest BCUT2D eigenvalue weighted by molar-refractivity contribution is 8.00. The van der Waals surface area contributed by atoms with E-state index in [0.717, 1.165) is 18.0 Å². The van der Waals surface area contributed by atoms with Crippen LogP contribution in [0.1, 0.15) is 24.2 Å². The number of rotatable bonds is 2. The molecule has 2 unspecified atom stereocenters. The normalized spacial score (nSPS) is 24.7. The van der Waals surface area contributed by atoms with Crippen LogP contribution in [0.15, 0.2) is 24.3 Å². The number of carboxylic acids is 1. The molecule has 0 bridgehead atoms. The average Bonchev–Trinajstić information content (AvgIpc) is 2.33. The van der Waals surface area contributed by atoms with Gasteiger partial charge in [-0.1, -0.05) is 6.92 Å². The Morgan fingerprint density at radius 2 is 2.00 bits per heavy atom. The monoisotopic (exact) mass is 251 g/mol. The summed E-state index contributed by atoms with van der Waals surface area (Å²) in [5, 5.41) is 9.48. The van der Waals surface area contributed by atoms with Crippen LogP contribution in [0.2, 0.25) is 0 Å². The van der Waals surface area contributed by atoms with Crippen LogP contribution in [-0.2, 0) is 0 Å². The highest BCUT2D eigenvalue weighted by Crippen LogP contribution is 2.29. The summed E-state index contributed by atoms with van der Waals surface area (Å²) in [4.78, 5) is 13.1. The first kappa shape index (κ1) is 12.3. The van der Waals surface area contributed by atoms with Gasteiger partial charge in [-0.05, 0) is 31.2 Å². The standard InChI is InChI=1S/C13H17NO2S/c1-9-10(2)17-8-7-14(9)12-5-3-11(4-6-12)13(15)16/h3-6,9-10H,7-8H2,1-2H3,(H,15,16). The molecule has 1 aromatic rings. The zero-order valence-electron chi connectivity index (χ0n) is 10.1. The minimum atomic E-state index is -0.868. The molecule has 1 fully saturated rings. The van der Waals surface area contributed by atoms with E-state index < -0.39 is 5.97 Å². The molecule has 0 spiro atoms. The van der Waals surface area contributed by atoms with Gasteiger partial charge >= 0.3 is 5.97 Å². The van der Waals surface area contributed by atoms with Crippen molar-refractivity contribution in [2.45, 2.75) is 25.1 Å².